The number of hydrogen-bond donors (Lipinski definition) is 0. The first-order chi connectivity index (χ1) is 8.60. The van der Waals surface area contributed by atoms with E-state index in [1.165, 1.54) is 19.2 Å². The summed E-state index contributed by atoms with van der Waals surface area (Å²) in [6.07, 6.45) is 0.759. The van der Waals surface area contributed by atoms with Crippen molar-refractivity contribution in [3.8, 4) is 0 Å². The highest BCUT2D eigenvalue weighted by Gasteiger charge is 2.29. The van der Waals surface area contributed by atoms with E-state index in [0.717, 1.165) is 13.0 Å². The predicted molar refractivity (Wildman–Crippen MR) is 66.8 cm³/mol. The van der Waals surface area contributed by atoms with Crippen LogP contribution in [0.3, 0.4) is 0 Å². The number of likely N-dealkylation sites (tertiary alicyclic amines) is 1. The Bertz CT molecular complexity index is 453. The Morgan fingerprint density at radius 1 is 1.61 bits per heavy atom. The van der Waals surface area contributed by atoms with Gasteiger partial charge in [-0.05, 0) is 31.2 Å². The number of halogens is 2. The summed E-state index contributed by atoms with van der Waals surface area (Å²) < 4.78 is 18.3. The molecular weight excluding hydrogens is 257 g/mol. The minimum Gasteiger partial charge on any atom is -0.469 e. The molecule has 0 N–H and O–H groups in total. The molecule has 98 valence electrons. The molecule has 1 aromatic rings. The van der Waals surface area contributed by atoms with E-state index in [-0.39, 0.29) is 17.7 Å². The summed E-state index contributed by atoms with van der Waals surface area (Å²) >= 11 is 5.84. The number of nitrogens with zero attached hydrogens (tertiary/aromatic N) is 1. The summed E-state index contributed by atoms with van der Waals surface area (Å²) in [7, 11) is 1.39. The van der Waals surface area contributed by atoms with Crippen LogP contribution in [0.1, 0.15) is 12.0 Å². The van der Waals surface area contributed by atoms with Crippen molar-refractivity contribution in [2.45, 2.75) is 13.0 Å². The molecule has 0 radical (unpaired) electrons. The minimum absolute atomic E-state index is 0.0998. The molecule has 0 aliphatic carbocycles. The first kappa shape index (κ1) is 13.3. The second kappa shape index (κ2) is 5.67. The molecule has 1 aliphatic rings. The van der Waals surface area contributed by atoms with E-state index < -0.39 is 0 Å². The molecule has 1 aliphatic heterocycles. The van der Waals surface area contributed by atoms with Gasteiger partial charge in [0.1, 0.15) is 5.82 Å². The summed E-state index contributed by atoms with van der Waals surface area (Å²) in [6.45, 7) is 1.85. The smallest absolute Gasteiger partial charge is 0.310 e. The zero-order valence-electron chi connectivity index (χ0n) is 10.2. The van der Waals surface area contributed by atoms with Crippen LogP contribution in [0.2, 0.25) is 5.02 Å². The second-order valence-corrected chi connectivity index (χ2v) is 4.92. The Kier molecular flexibility index (Phi) is 4.19. The molecule has 1 fully saturated rings. The van der Waals surface area contributed by atoms with E-state index in [9.17, 15) is 9.18 Å². The van der Waals surface area contributed by atoms with Crippen LogP contribution < -0.4 is 0 Å². The predicted octanol–water partition coefficient (Wildman–Crippen LogP) is 2.47. The highest BCUT2D eigenvalue weighted by atomic mass is 35.5. The molecule has 0 aromatic heterocycles. The lowest BCUT2D eigenvalue weighted by atomic mass is 10.1. The molecule has 3 nitrogen and oxygen atoms in total. The van der Waals surface area contributed by atoms with Gasteiger partial charge in [0.15, 0.2) is 0 Å². The maximum atomic E-state index is 13.6. The van der Waals surface area contributed by atoms with Gasteiger partial charge in [-0.1, -0.05) is 11.6 Å². The fourth-order valence-electron chi connectivity index (χ4n) is 2.24. The topological polar surface area (TPSA) is 29.5 Å². The summed E-state index contributed by atoms with van der Waals surface area (Å²) in [6, 6.07) is 4.52. The Hall–Kier alpha value is -1.13. The highest BCUT2D eigenvalue weighted by Crippen LogP contribution is 2.22. The molecule has 1 aromatic carbocycles. The summed E-state index contributed by atoms with van der Waals surface area (Å²) in [5.74, 6) is -0.553. The lowest BCUT2D eigenvalue weighted by molar-refractivity contribution is -0.144. The first-order valence-electron chi connectivity index (χ1n) is 5.84. The molecule has 1 saturated heterocycles. The van der Waals surface area contributed by atoms with E-state index in [1.54, 1.807) is 6.07 Å². The third kappa shape index (κ3) is 3.00. The largest absolute Gasteiger partial charge is 0.469 e. The SMILES string of the molecule is COC(=O)C1CCN(Cc2cc(Cl)ccc2F)C1. The van der Waals surface area contributed by atoms with Gasteiger partial charge in [-0.15, -0.1) is 0 Å². The maximum absolute atomic E-state index is 13.6. The van der Waals surface area contributed by atoms with Crippen molar-refractivity contribution < 1.29 is 13.9 Å². The Morgan fingerprint density at radius 2 is 2.39 bits per heavy atom. The first-order valence-corrected chi connectivity index (χ1v) is 6.22. The zero-order valence-corrected chi connectivity index (χ0v) is 10.9. The third-order valence-corrected chi connectivity index (χ3v) is 3.44. The van der Waals surface area contributed by atoms with Gasteiger partial charge in [0.05, 0.1) is 13.0 Å². The van der Waals surface area contributed by atoms with Crippen molar-refractivity contribution in [1.29, 1.82) is 0 Å². The molecule has 18 heavy (non-hydrogen) atoms. The van der Waals surface area contributed by atoms with Gasteiger partial charge >= 0.3 is 5.97 Å². The van der Waals surface area contributed by atoms with E-state index in [0.29, 0.717) is 23.7 Å². The summed E-state index contributed by atoms with van der Waals surface area (Å²) in [5, 5.41) is 0.523. The molecule has 0 amide bonds. The zero-order chi connectivity index (χ0) is 13.1. The van der Waals surface area contributed by atoms with Crippen LogP contribution in [0.25, 0.3) is 0 Å². The third-order valence-electron chi connectivity index (χ3n) is 3.21. The van der Waals surface area contributed by atoms with Crippen molar-refractivity contribution in [1.82, 2.24) is 4.90 Å². The molecule has 1 unspecified atom stereocenters. The van der Waals surface area contributed by atoms with Crippen LogP contribution in [0.4, 0.5) is 4.39 Å². The lowest BCUT2D eigenvalue weighted by Crippen LogP contribution is -2.24. The number of methoxy groups -OCH3 is 1. The number of carbonyl (C=O) groups excluding carboxylic acids is 1. The number of esters is 1. The molecular formula is C13H15ClFNO2. The fourth-order valence-corrected chi connectivity index (χ4v) is 2.44. The van der Waals surface area contributed by atoms with Gasteiger partial charge in [-0.25, -0.2) is 4.39 Å². The molecule has 2 rings (SSSR count). The van der Waals surface area contributed by atoms with Gasteiger partial charge < -0.3 is 4.74 Å². The van der Waals surface area contributed by atoms with Crippen LogP contribution in [0.5, 0.6) is 0 Å². The number of benzene rings is 1. The maximum Gasteiger partial charge on any atom is 0.310 e. The van der Waals surface area contributed by atoms with E-state index in [4.69, 9.17) is 16.3 Å². The molecule has 5 heteroatoms. The number of hydrogen-bond acceptors (Lipinski definition) is 3. The van der Waals surface area contributed by atoms with Crippen LogP contribution in [-0.2, 0) is 16.1 Å². The average Bonchev–Trinajstić information content (AvgIpc) is 2.81. The van der Waals surface area contributed by atoms with Crippen LogP contribution in [-0.4, -0.2) is 31.1 Å². The number of carbonyl (C=O) groups is 1. The van der Waals surface area contributed by atoms with Crippen LogP contribution >= 0.6 is 11.6 Å². The Labute approximate surface area is 110 Å². The minimum atomic E-state index is -0.263. The standard InChI is InChI=1S/C13H15ClFNO2/c1-18-13(17)9-4-5-16(7-9)8-10-6-11(14)2-3-12(10)15/h2-3,6,9H,4-5,7-8H2,1H3. The lowest BCUT2D eigenvalue weighted by Gasteiger charge is -2.16. The van der Waals surface area contributed by atoms with Crippen molar-refractivity contribution in [2.75, 3.05) is 20.2 Å². The average molecular weight is 272 g/mol. The molecule has 0 saturated carbocycles. The van der Waals surface area contributed by atoms with Crippen molar-refractivity contribution in [3.05, 3.63) is 34.6 Å². The van der Waals surface area contributed by atoms with Gasteiger partial charge in [0, 0.05) is 23.7 Å². The molecule has 0 bridgehead atoms. The molecule has 1 heterocycles. The normalized spacial score (nSPS) is 20.1. The number of rotatable bonds is 3. The fraction of sp³-hybridized carbons (Fsp3) is 0.462. The monoisotopic (exact) mass is 271 g/mol. The van der Waals surface area contributed by atoms with Gasteiger partial charge in [0.2, 0.25) is 0 Å². The quantitative estimate of drug-likeness (QED) is 0.791. The van der Waals surface area contributed by atoms with E-state index in [1.807, 2.05) is 4.90 Å². The summed E-state index contributed by atoms with van der Waals surface area (Å²) in [4.78, 5) is 13.4. The Balaban J connectivity index is 1.99. The van der Waals surface area contributed by atoms with Crippen LogP contribution in [0.15, 0.2) is 18.2 Å². The van der Waals surface area contributed by atoms with E-state index >= 15 is 0 Å². The van der Waals surface area contributed by atoms with Crippen molar-refractivity contribution >= 4 is 17.6 Å². The highest BCUT2D eigenvalue weighted by molar-refractivity contribution is 6.30. The Morgan fingerprint density at radius 3 is 3.11 bits per heavy atom. The molecule has 0 spiro atoms. The molecule has 1 atom stereocenters. The number of ether oxygens (including phenoxy) is 1. The van der Waals surface area contributed by atoms with Gasteiger partial charge in [-0.3, -0.25) is 9.69 Å². The van der Waals surface area contributed by atoms with Crippen LogP contribution in [0, 0.1) is 11.7 Å². The van der Waals surface area contributed by atoms with Gasteiger partial charge in [-0.2, -0.15) is 0 Å². The second-order valence-electron chi connectivity index (χ2n) is 4.48. The van der Waals surface area contributed by atoms with Gasteiger partial charge in [0.25, 0.3) is 0 Å². The van der Waals surface area contributed by atoms with E-state index in [2.05, 4.69) is 0 Å². The van der Waals surface area contributed by atoms with Crippen molar-refractivity contribution in [3.63, 3.8) is 0 Å². The summed E-state index contributed by atoms with van der Waals surface area (Å²) in [5.41, 5.74) is 0.563. The van der Waals surface area contributed by atoms with Crippen molar-refractivity contribution in [2.24, 2.45) is 5.92 Å².